The maximum absolute atomic E-state index is 2.36. The molecule has 0 radical (unpaired) electrons. The summed E-state index contributed by atoms with van der Waals surface area (Å²) in [7, 11) is 0. The Labute approximate surface area is 75.7 Å². The van der Waals surface area contributed by atoms with E-state index in [9.17, 15) is 0 Å². The van der Waals surface area contributed by atoms with Gasteiger partial charge in [-0.25, -0.2) is 0 Å². The Morgan fingerprint density at radius 3 is 2.83 bits per heavy atom. The molecule has 0 aromatic carbocycles. The molecule has 12 heavy (non-hydrogen) atoms. The molecule has 0 saturated heterocycles. The molecule has 0 amide bonds. The van der Waals surface area contributed by atoms with Gasteiger partial charge >= 0.3 is 0 Å². The van der Waals surface area contributed by atoms with E-state index in [2.05, 4.69) is 38.2 Å². The van der Waals surface area contributed by atoms with E-state index in [0.717, 1.165) is 0 Å². The molecule has 1 aliphatic rings. The van der Waals surface area contributed by atoms with Crippen LogP contribution >= 0.6 is 0 Å². The quantitative estimate of drug-likeness (QED) is 0.550. The predicted octanol–water partition coefficient (Wildman–Crippen LogP) is 4.01. The molecule has 0 heteroatoms. The van der Waals surface area contributed by atoms with Crippen molar-refractivity contribution >= 4 is 0 Å². The first kappa shape index (κ1) is 9.31. The van der Waals surface area contributed by atoms with Crippen LogP contribution in [0.5, 0.6) is 0 Å². The smallest absolute Gasteiger partial charge is 0.0247 e. The van der Waals surface area contributed by atoms with Crippen LogP contribution in [0.2, 0.25) is 0 Å². The first-order chi connectivity index (χ1) is 5.79. The zero-order valence-electron chi connectivity index (χ0n) is 8.14. The van der Waals surface area contributed by atoms with Crippen molar-refractivity contribution in [2.75, 3.05) is 0 Å². The summed E-state index contributed by atoms with van der Waals surface area (Å²) in [5, 5.41) is 0. The molecule has 0 bridgehead atoms. The third-order valence-electron chi connectivity index (χ3n) is 2.06. The van der Waals surface area contributed by atoms with Crippen LogP contribution in [0.3, 0.4) is 0 Å². The maximum atomic E-state index is 2.36. The Morgan fingerprint density at radius 1 is 1.42 bits per heavy atom. The largest absolute Gasteiger partial charge is 0.0856 e. The molecule has 0 heterocycles. The van der Waals surface area contributed by atoms with Crippen molar-refractivity contribution in [2.24, 2.45) is 0 Å². The van der Waals surface area contributed by atoms with Crippen molar-refractivity contribution in [1.29, 1.82) is 0 Å². The van der Waals surface area contributed by atoms with Crippen molar-refractivity contribution in [1.82, 2.24) is 0 Å². The second-order valence-corrected chi connectivity index (χ2v) is 3.58. The van der Waals surface area contributed by atoms with Crippen LogP contribution in [0, 0.1) is 0 Å². The van der Waals surface area contributed by atoms with Gasteiger partial charge in [0.1, 0.15) is 0 Å². The van der Waals surface area contributed by atoms with E-state index in [0.29, 0.717) is 0 Å². The number of allylic oxidation sites excluding steroid dienone is 6. The number of rotatable bonds is 3. The summed E-state index contributed by atoms with van der Waals surface area (Å²) in [5.41, 5.74) is 2.94. The SMILES string of the molecule is CC(C)=CCCC1=CCCC=C1. The van der Waals surface area contributed by atoms with Crippen molar-refractivity contribution in [3.05, 3.63) is 35.5 Å². The highest BCUT2D eigenvalue weighted by molar-refractivity contribution is 5.22. The standard InChI is InChI=1S/C12H18/c1-11(2)7-6-10-12-8-4-3-5-9-12/h4,7-9H,3,5-6,10H2,1-2H3. The molecule has 0 aromatic rings. The van der Waals surface area contributed by atoms with Crippen LogP contribution in [0.25, 0.3) is 0 Å². The van der Waals surface area contributed by atoms with Crippen LogP contribution < -0.4 is 0 Å². The highest BCUT2D eigenvalue weighted by atomic mass is 14.0. The summed E-state index contributed by atoms with van der Waals surface area (Å²) in [6.07, 6.45) is 14.1. The lowest BCUT2D eigenvalue weighted by Gasteiger charge is -2.04. The van der Waals surface area contributed by atoms with E-state index in [1.807, 2.05) is 0 Å². The average Bonchev–Trinajstić information content (AvgIpc) is 2.05. The van der Waals surface area contributed by atoms with Crippen molar-refractivity contribution < 1.29 is 0 Å². The Balaban J connectivity index is 2.27. The summed E-state index contributed by atoms with van der Waals surface area (Å²) < 4.78 is 0. The van der Waals surface area contributed by atoms with Crippen LogP contribution in [-0.4, -0.2) is 0 Å². The zero-order valence-corrected chi connectivity index (χ0v) is 8.14. The molecular weight excluding hydrogens is 144 g/mol. The van der Waals surface area contributed by atoms with Gasteiger partial charge in [0.15, 0.2) is 0 Å². The minimum absolute atomic E-state index is 1.19. The molecular formula is C12H18. The number of hydrogen-bond acceptors (Lipinski definition) is 0. The highest BCUT2D eigenvalue weighted by Gasteiger charge is 1.95. The molecule has 1 aliphatic carbocycles. The Kier molecular flexibility index (Phi) is 3.86. The van der Waals surface area contributed by atoms with Gasteiger partial charge in [-0.2, -0.15) is 0 Å². The summed E-state index contributed by atoms with van der Waals surface area (Å²) in [4.78, 5) is 0. The van der Waals surface area contributed by atoms with E-state index < -0.39 is 0 Å². The van der Waals surface area contributed by atoms with Gasteiger partial charge in [0.05, 0.1) is 0 Å². The Bertz CT molecular complexity index is 212. The van der Waals surface area contributed by atoms with Gasteiger partial charge in [0.25, 0.3) is 0 Å². The predicted molar refractivity (Wildman–Crippen MR) is 55.1 cm³/mol. The fourth-order valence-corrected chi connectivity index (χ4v) is 1.38. The minimum Gasteiger partial charge on any atom is -0.0856 e. The van der Waals surface area contributed by atoms with Crippen molar-refractivity contribution in [3.8, 4) is 0 Å². The van der Waals surface area contributed by atoms with Gasteiger partial charge < -0.3 is 0 Å². The van der Waals surface area contributed by atoms with Gasteiger partial charge in [0.2, 0.25) is 0 Å². The lowest BCUT2D eigenvalue weighted by atomic mass is 10.0. The molecule has 0 aliphatic heterocycles. The van der Waals surface area contributed by atoms with Gasteiger partial charge in [-0.15, -0.1) is 0 Å². The highest BCUT2D eigenvalue weighted by Crippen LogP contribution is 2.15. The second-order valence-electron chi connectivity index (χ2n) is 3.58. The number of hydrogen-bond donors (Lipinski definition) is 0. The van der Waals surface area contributed by atoms with Crippen LogP contribution in [0.1, 0.15) is 39.5 Å². The van der Waals surface area contributed by atoms with Gasteiger partial charge in [-0.3, -0.25) is 0 Å². The molecule has 0 spiro atoms. The van der Waals surface area contributed by atoms with E-state index in [4.69, 9.17) is 0 Å². The second kappa shape index (κ2) is 4.97. The molecule has 66 valence electrons. The lowest BCUT2D eigenvalue weighted by Crippen LogP contribution is -1.84. The fraction of sp³-hybridized carbons (Fsp3) is 0.500. The lowest BCUT2D eigenvalue weighted by molar-refractivity contribution is 0.936. The first-order valence-corrected chi connectivity index (χ1v) is 4.78. The van der Waals surface area contributed by atoms with Crippen molar-refractivity contribution in [2.45, 2.75) is 39.5 Å². The van der Waals surface area contributed by atoms with Crippen LogP contribution in [0.15, 0.2) is 35.5 Å². The first-order valence-electron chi connectivity index (χ1n) is 4.78. The third-order valence-corrected chi connectivity index (χ3v) is 2.06. The molecule has 0 nitrogen and oxygen atoms in total. The van der Waals surface area contributed by atoms with E-state index >= 15 is 0 Å². The molecule has 0 atom stereocenters. The molecule has 0 unspecified atom stereocenters. The van der Waals surface area contributed by atoms with E-state index in [1.54, 1.807) is 0 Å². The third kappa shape index (κ3) is 3.56. The van der Waals surface area contributed by atoms with Crippen molar-refractivity contribution in [3.63, 3.8) is 0 Å². The molecule has 0 aromatic heterocycles. The fourth-order valence-electron chi connectivity index (χ4n) is 1.38. The van der Waals surface area contributed by atoms with Crippen LogP contribution in [-0.2, 0) is 0 Å². The molecule has 1 rings (SSSR count). The monoisotopic (exact) mass is 162 g/mol. The Hall–Kier alpha value is -0.780. The van der Waals surface area contributed by atoms with E-state index in [1.165, 1.54) is 36.8 Å². The van der Waals surface area contributed by atoms with Crippen LogP contribution in [0.4, 0.5) is 0 Å². The molecule has 0 N–H and O–H groups in total. The average molecular weight is 162 g/mol. The summed E-state index contributed by atoms with van der Waals surface area (Å²) in [6, 6.07) is 0. The topological polar surface area (TPSA) is 0 Å². The van der Waals surface area contributed by atoms with Gasteiger partial charge in [-0.1, -0.05) is 35.5 Å². The van der Waals surface area contributed by atoms with E-state index in [-0.39, 0.29) is 0 Å². The van der Waals surface area contributed by atoms with Gasteiger partial charge in [-0.05, 0) is 39.5 Å². The normalized spacial score (nSPS) is 15.7. The summed E-state index contributed by atoms with van der Waals surface area (Å²) >= 11 is 0. The minimum atomic E-state index is 1.19. The zero-order chi connectivity index (χ0) is 8.81. The maximum Gasteiger partial charge on any atom is -0.0247 e. The molecule has 0 fully saturated rings. The molecule has 0 saturated carbocycles. The summed E-state index contributed by atoms with van der Waals surface area (Å²) in [6.45, 7) is 4.32. The van der Waals surface area contributed by atoms with Gasteiger partial charge in [0, 0.05) is 0 Å². The summed E-state index contributed by atoms with van der Waals surface area (Å²) in [5.74, 6) is 0. The Morgan fingerprint density at radius 2 is 2.25 bits per heavy atom.